The molecule has 2 atom stereocenters. The van der Waals surface area contributed by atoms with E-state index in [1.807, 2.05) is 0 Å². The zero-order chi connectivity index (χ0) is 12.5. The number of ether oxygens (including phenoxy) is 2. The minimum atomic E-state index is 0.558. The average molecular weight is 254 g/mol. The summed E-state index contributed by atoms with van der Waals surface area (Å²) in [5.74, 6) is 0. The van der Waals surface area contributed by atoms with Crippen LogP contribution in [0.3, 0.4) is 0 Å². The van der Waals surface area contributed by atoms with Gasteiger partial charge in [-0.2, -0.15) is 0 Å². The molecule has 0 spiro atoms. The van der Waals surface area contributed by atoms with Gasteiger partial charge in [-0.25, -0.2) is 0 Å². The van der Waals surface area contributed by atoms with Crippen molar-refractivity contribution >= 4 is 0 Å². The third-order valence-corrected chi connectivity index (χ3v) is 4.35. The molecule has 0 bridgehead atoms. The molecule has 0 amide bonds. The van der Waals surface area contributed by atoms with Gasteiger partial charge in [-0.3, -0.25) is 0 Å². The molecule has 2 aliphatic rings. The van der Waals surface area contributed by atoms with Gasteiger partial charge in [0.2, 0.25) is 0 Å². The van der Waals surface area contributed by atoms with Gasteiger partial charge < -0.3 is 9.47 Å². The van der Waals surface area contributed by atoms with Gasteiger partial charge in [0.05, 0.1) is 12.2 Å². The van der Waals surface area contributed by atoms with Gasteiger partial charge in [-0.05, 0) is 38.5 Å². The summed E-state index contributed by atoms with van der Waals surface area (Å²) in [7, 11) is 0. The maximum absolute atomic E-state index is 5.88. The second kappa shape index (κ2) is 8.92. The van der Waals surface area contributed by atoms with E-state index < -0.39 is 0 Å². The van der Waals surface area contributed by atoms with Gasteiger partial charge in [0.1, 0.15) is 0 Å². The molecule has 2 heterocycles. The first-order chi connectivity index (χ1) is 8.95. The van der Waals surface area contributed by atoms with Crippen LogP contribution in [0, 0.1) is 0 Å². The van der Waals surface area contributed by atoms with Crippen LogP contribution in [0.1, 0.15) is 77.0 Å². The van der Waals surface area contributed by atoms with Crippen molar-refractivity contribution in [2.24, 2.45) is 0 Å². The summed E-state index contributed by atoms with van der Waals surface area (Å²) in [5, 5.41) is 0. The van der Waals surface area contributed by atoms with Crippen molar-refractivity contribution in [1.82, 2.24) is 0 Å². The standard InChI is InChI=1S/C16H30O2/c1-3-9-15(17-13-7-1)11-5-6-12-16-10-4-2-8-14-18-16/h15-16H,1-14H2. The third kappa shape index (κ3) is 5.71. The Morgan fingerprint density at radius 1 is 0.611 bits per heavy atom. The first-order valence-electron chi connectivity index (χ1n) is 8.18. The highest BCUT2D eigenvalue weighted by Gasteiger charge is 2.14. The van der Waals surface area contributed by atoms with Crippen molar-refractivity contribution in [3.8, 4) is 0 Å². The first kappa shape index (κ1) is 14.3. The fourth-order valence-corrected chi connectivity index (χ4v) is 3.17. The van der Waals surface area contributed by atoms with Crippen molar-refractivity contribution < 1.29 is 9.47 Å². The highest BCUT2D eigenvalue weighted by molar-refractivity contribution is 4.66. The molecule has 18 heavy (non-hydrogen) atoms. The molecule has 2 rings (SSSR count). The van der Waals surface area contributed by atoms with Gasteiger partial charge in [0.25, 0.3) is 0 Å². The van der Waals surface area contributed by atoms with Crippen LogP contribution in [0.5, 0.6) is 0 Å². The van der Waals surface area contributed by atoms with Crippen LogP contribution in [-0.2, 0) is 9.47 Å². The van der Waals surface area contributed by atoms with Crippen LogP contribution in [-0.4, -0.2) is 25.4 Å². The lowest BCUT2D eigenvalue weighted by Crippen LogP contribution is -2.13. The minimum Gasteiger partial charge on any atom is -0.378 e. The third-order valence-electron chi connectivity index (χ3n) is 4.35. The van der Waals surface area contributed by atoms with E-state index in [2.05, 4.69) is 0 Å². The Hall–Kier alpha value is -0.0800. The van der Waals surface area contributed by atoms with E-state index in [9.17, 15) is 0 Å². The van der Waals surface area contributed by atoms with Crippen LogP contribution >= 0.6 is 0 Å². The second-order valence-electron chi connectivity index (χ2n) is 5.97. The van der Waals surface area contributed by atoms with Crippen molar-refractivity contribution in [3.63, 3.8) is 0 Å². The molecule has 2 nitrogen and oxygen atoms in total. The van der Waals surface area contributed by atoms with Gasteiger partial charge in [0, 0.05) is 13.2 Å². The van der Waals surface area contributed by atoms with Crippen molar-refractivity contribution in [2.45, 2.75) is 89.3 Å². The van der Waals surface area contributed by atoms with Crippen LogP contribution in [0.15, 0.2) is 0 Å². The molecule has 0 aromatic carbocycles. The second-order valence-corrected chi connectivity index (χ2v) is 5.97. The molecular formula is C16H30O2. The summed E-state index contributed by atoms with van der Waals surface area (Å²) in [4.78, 5) is 0. The molecule has 0 radical (unpaired) electrons. The van der Waals surface area contributed by atoms with Crippen molar-refractivity contribution in [2.75, 3.05) is 13.2 Å². The predicted molar refractivity (Wildman–Crippen MR) is 74.9 cm³/mol. The van der Waals surface area contributed by atoms with Gasteiger partial charge in [-0.1, -0.05) is 38.5 Å². The van der Waals surface area contributed by atoms with Crippen molar-refractivity contribution in [1.29, 1.82) is 0 Å². The van der Waals surface area contributed by atoms with Crippen LogP contribution in [0.25, 0.3) is 0 Å². The Balaban J connectivity index is 1.51. The highest BCUT2D eigenvalue weighted by atomic mass is 16.5. The molecule has 2 fully saturated rings. The quantitative estimate of drug-likeness (QED) is 0.674. The molecule has 0 aliphatic carbocycles. The zero-order valence-electron chi connectivity index (χ0n) is 11.9. The molecular weight excluding hydrogens is 224 g/mol. The van der Waals surface area contributed by atoms with Gasteiger partial charge >= 0.3 is 0 Å². The molecule has 2 aliphatic heterocycles. The largest absolute Gasteiger partial charge is 0.378 e. The Morgan fingerprint density at radius 2 is 1.11 bits per heavy atom. The van der Waals surface area contributed by atoms with Crippen LogP contribution in [0.2, 0.25) is 0 Å². The number of rotatable bonds is 5. The Morgan fingerprint density at radius 3 is 1.61 bits per heavy atom. The van der Waals surface area contributed by atoms with E-state index in [0.29, 0.717) is 12.2 Å². The lowest BCUT2D eigenvalue weighted by Gasteiger charge is -2.17. The van der Waals surface area contributed by atoms with E-state index in [1.54, 1.807) is 0 Å². The summed E-state index contributed by atoms with van der Waals surface area (Å²) in [5.41, 5.74) is 0. The zero-order valence-corrected chi connectivity index (χ0v) is 11.9. The maximum Gasteiger partial charge on any atom is 0.0575 e. The van der Waals surface area contributed by atoms with E-state index in [1.165, 1.54) is 77.0 Å². The van der Waals surface area contributed by atoms with E-state index in [0.717, 1.165) is 13.2 Å². The Labute approximate surface area is 112 Å². The smallest absolute Gasteiger partial charge is 0.0575 e. The molecule has 2 unspecified atom stereocenters. The monoisotopic (exact) mass is 254 g/mol. The Bertz CT molecular complexity index is 167. The average Bonchev–Trinajstić information content (AvgIpc) is 2.79. The van der Waals surface area contributed by atoms with E-state index in [-0.39, 0.29) is 0 Å². The summed E-state index contributed by atoms with van der Waals surface area (Å²) in [6, 6.07) is 0. The summed E-state index contributed by atoms with van der Waals surface area (Å²) < 4.78 is 11.8. The minimum absolute atomic E-state index is 0.558. The number of unbranched alkanes of at least 4 members (excludes halogenated alkanes) is 1. The van der Waals surface area contributed by atoms with E-state index in [4.69, 9.17) is 9.47 Å². The highest BCUT2D eigenvalue weighted by Crippen LogP contribution is 2.21. The number of hydrogen-bond donors (Lipinski definition) is 0. The van der Waals surface area contributed by atoms with Gasteiger partial charge in [0.15, 0.2) is 0 Å². The lowest BCUT2D eigenvalue weighted by molar-refractivity contribution is 0.0412. The fraction of sp³-hybridized carbons (Fsp3) is 1.00. The molecule has 2 saturated heterocycles. The molecule has 0 saturated carbocycles. The molecule has 0 N–H and O–H groups in total. The van der Waals surface area contributed by atoms with E-state index >= 15 is 0 Å². The molecule has 106 valence electrons. The first-order valence-corrected chi connectivity index (χ1v) is 8.18. The van der Waals surface area contributed by atoms with Crippen molar-refractivity contribution in [3.05, 3.63) is 0 Å². The SMILES string of the molecule is C1CCOC(CCCCC2CCCCCO2)CC1. The molecule has 2 heteroatoms. The Kier molecular flexibility index (Phi) is 7.11. The predicted octanol–water partition coefficient (Wildman–Crippen LogP) is 4.47. The van der Waals surface area contributed by atoms with Gasteiger partial charge in [-0.15, -0.1) is 0 Å². The normalized spacial score (nSPS) is 30.7. The molecule has 0 aromatic rings. The summed E-state index contributed by atoms with van der Waals surface area (Å²) in [6.07, 6.45) is 16.9. The molecule has 0 aromatic heterocycles. The fourth-order valence-electron chi connectivity index (χ4n) is 3.17. The lowest BCUT2D eigenvalue weighted by atomic mass is 10.0. The summed E-state index contributed by atoms with van der Waals surface area (Å²) >= 11 is 0. The van der Waals surface area contributed by atoms with Crippen LogP contribution in [0.4, 0.5) is 0 Å². The summed E-state index contributed by atoms with van der Waals surface area (Å²) in [6.45, 7) is 1.99. The topological polar surface area (TPSA) is 18.5 Å². The maximum atomic E-state index is 5.88. The number of hydrogen-bond acceptors (Lipinski definition) is 2. The van der Waals surface area contributed by atoms with Crippen LogP contribution < -0.4 is 0 Å².